The second-order valence-corrected chi connectivity index (χ2v) is 8.23. The second kappa shape index (κ2) is 12.0. The van der Waals surface area contributed by atoms with Crippen molar-refractivity contribution in [1.82, 2.24) is 10.6 Å². The van der Waals surface area contributed by atoms with Crippen LogP contribution in [0, 0.1) is 5.92 Å². The van der Waals surface area contributed by atoms with Crippen LogP contribution in [0.4, 0.5) is 0 Å². The highest BCUT2D eigenvalue weighted by atomic mass is 16.5. The Labute approximate surface area is 170 Å². The lowest BCUT2D eigenvalue weighted by molar-refractivity contribution is -0.0149. The zero-order valence-corrected chi connectivity index (χ0v) is 17.9. The molecule has 0 saturated carbocycles. The minimum Gasteiger partial charge on any atom is -0.381 e. The van der Waals surface area contributed by atoms with Crippen LogP contribution in [0.5, 0.6) is 0 Å². The molecule has 0 aliphatic carbocycles. The molecule has 1 aromatic rings. The van der Waals surface area contributed by atoms with Crippen LogP contribution in [0.2, 0.25) is 0 Å². The van der Waals surface area contributed by atoms with E-state index < -0.39 is 0 Å². The van der Waals surface area contributed by atoms with Gasteiger partial charge < -0.3 is 24.8 Å². The Morgan fingerprint density at radius 1 is 1.25 bits per heavy atom. The van der Waals surface area contributed by atoms with Crippen LogP contribution in [0.25, 0.3) is 0 Å². The van der Waals surface area contributed by atoms with Crippen LogP contribution in [-0.2, 0) is 27.4 Å². The predicted octanol–water partition coefficient (Wildman–Crippen LogP) is 3.11. The molecule has 1 atom stereocenters. The smallest absolute Gasteiger partial charge is 0.191 e. The molecule has 0 radical (unpaired) electrons. The average molecular weight is 392 g/mol. The molecule has 0 aromatic heterocycles. The number of hydrogen-bond acceptors (Lipinski definition) is 4. The lowest BCUT2D eigenvalue weighted by atomic mass is 10.1. The number of ether oxygens (including phenoxy) is 3. The third kappa shape index (κ3) is 9.53. The molecule has 1 aromatic carbocycles. The molecule has 0 spiro atoms. The number of benzene rings is 1. The number of guanidine groups is 1. The zero-order valence-electron chi connectivity index (χ0n) is 17.9. The molecule has 1 saturated heterocycles. The molecular weight excluding hydrogens is 354 g/mol. The number of rotatable bonds is 10. The van der Waals surface area contributed by atoms with Crippen molar-refractivity contribution >= 4 is 5.96 Å². The van der Waals surface area contributed by atoms with Gasteiger partial charge in [-0.2, -0.15) is 0 Å². The molecule has 1 unspecified atom stereocenters. The molecule has 28 heavy (non-hydrogen) atoms. The number of hydrogen-bond donors (Lipinski definition) is 2. The molecule has 1 aliphatic rings. The van der Waals surface area contributed by atoms with Gasteiger partial charge in [0.25, 0.3) is 0 Å². The van der Waals surface area contributed by atoms with Crippen molar-refractivity contribution in [3.8, 4) is 0 Å². The van der Waals surface area contributed by atoms with E-state index in [-0.39, 0.29) is 5.60 Å². The van der Waals surface area contributed by atoms with Crippen molar-refractivity contribution in [1.29, 1.82) is 0 Å². The maximum Gasteiger partial charge on any atom is 0.191 e. The summed E-state index contributed by atoms with van der Waals surface area (Å²) < 4.78 is 16.9. The number of aliphatic imine (C=N–C) groups is 1. The van der Waals surface area contributed by atoms with Crippen molar-refractivity contribution in [2.75, 3.05) is 40.0 Å². The van der Waals surface area contributed by atoms with Gasteiger partial charge in [0.1, 0.15) is 0 Å². The normalized spacial score (nSPS) is 17.7. The molecular formula is C22H37N3O3. The van der Waals surface area contributed by atoms with Crippen molar-refractivity contribution in [3.05, 3.63) is 35.4 Å². The fourth-order valence-electron chi connectivity index (χ4n) is 2.88. The van der Waals surface area contributed by atoms with E-state index in [1.54, 1.807) is 7.05 Å². The summed E-state index contributed by atoms with van der Waals surface area (Å²) in [5.74, 6) is 1.38. The molecule has 6 heteroatoms. The van der Waals surface area contributed by atoms with Crippen LogP contribution >= 0.6 is 0 Å². The third-order valence-electron chi connectivity index (χ3n) is 4.48. The highest BCUT2D eigenvalue weighted by Gasteiger charge is 2.15. The SMILES string of the molecule is CN=C(NCCCOCC1CCOC1)NCc1cccc(COC(C)(C)C)c1. The number of nitrogens with zero attached hydrogens (tertiary/aromatic N) is 1. The summed E-state index contributed by atoms with van der Waals surface area (Å²) in [5.41, 5.74) is 2.26. The van der Waals surface area contributed by atoms with Gasteiger partial charge >= 0.3 is 0 Å². The topological polar surface area (TPSA) is 64.1 Å². The molecule has 0 bridgehead atoms. The maximum absolute atomic E-state index is 5.86. The van der Waals surface area contributed by atoms with Gasteiger partial charge in [-0.1, -0.05) is 24.3 Å². The Balaban J connectivity index is 1.62. The van der Waals surface area contributed by atoms with Crippen molar-refractivity contribution in [3.63, 3.8) is 0 Å². The molecule has 1 heterocycles. The van der Waals surface area contributed by atoms with Crippen LogP contribution in [0.15, 0.2) is 29.3 Å². The number of nitrogens with one attached hydrogen (secondary N) is 2. The average Bonchev–Trinajstić information content (AvgIpc) is 3.18. The van der Waals surface area contributed by atoms with E-state index in [4.69, 9.17) is 14.2 Å². The van der Waals surface area contributed by atoms with Gasteiger partial charge in [0.15, 0.2) is 5.96 Å². The van der Waals surface area contributed by atoms with Crippen LogP contribution in [0.3, 0.4) is 0 Å². The van der Waals surface area contributed by atoms with Crippen molar-refractivity contribution < 1.29 is 14.2 Å². The molecule has 0 amide bonds. The van der Waals surface area contributed by atoms with E-state index >= 15 is 0 Å². The van der Waals surface area contributed by atoms with Crippen molar-refractivity contribution in [2.24, 2.45) is 10.9 Å². The second-order valence-electron chi connectivity index (χ2n) is 8.23. The van der Waals surface area contributed by atoms with Gasteiger partial charge in [0.05, 0.1) is 25.4 Å². The van der Waals surface area contributed by atoms with E-state index in [1.165, 1.54) is 11.1 Å². The fraction of sp³-hybridized carbons (Fsp3) is 0.682. The molecule has 2 rings (SSSR count). The maximum atomic E-state index is 5.86. The third-order valence-corrected chi connectivity index (χ3v) is 4.48. The molecule has 158 valence electrons. The Morgan fingerprint density at radius 2 is 2.07 bits per heavy atom. The monoisotopic (exact) mass is 391 g/mol. The first-order valence-corrected chi connectivity index (χ1v) is 10.3. The van der Waals surface area contributed by atoms with Crippen LogP contribution in [-0.4, -0.2) is 51.6 Å². The first-order valence-electron chi connectivity index (χ1n) is 10.3. The minimum atomic E-state index is -0.130. The summed E-state index contributed by atoms with van der Waals surface area (Å²) in [7, 11) is 1.79. The Morgan fingerprint density at radius 3 is 2.79 bits per heavy atom. The van der Waals surface area contributed by atoms with Gasteiger partial charge in [-0.05, 0) is 44.7 Å². The van der Waals surface area contributed by atoms with Gasteiger partial charge in [-0.15, -0.1) is 0 Å². The van der Waals surface area contributed by atoms with Gasteiger partial charge in [-0.3, -0.25) is 4.99 Å². The lowest BCUT2D eigenvalue weighted by Gasteiger charge is -2.19. The Bertz CT molecular complexity index is 593. The predicted molar refractivity (Wildman–Crippen MR) is 114 cm³/mol. The van der Waals surface area contributed by atoms with Gasteiger partial charge in [0.2, 0.25) is 0 Å². The van der Waals surface area contributed by atoms with Crippen LogP contribution in [0.1, 0.15) is 44.7 Å². The van der Waals surface area contributed by atoms with Crippen molar-refractivity contribution in [2.45, 2.75) is 52.4 Å². The summed E-state index contributed by atoms with van der Waals surface area (Å²) >= 11 is 0. The first kappa shape index (κ1) is 22.7. The first-order chi connectivity index (χ1) is 13.5. The highest BCUT2D eigenvalue weighted by molar-refractivity contribution is 5.79. The molecule has 2 N–H and O–H groups in total. The molecule has 1 aliphatic heterocycles. The summed E-state index contributed by atoms with van der Waals surface area (Å²) in [6.07, 6.45) is 2.08. The standard InChI is InChI=1S/C22H37N3O3/c1-22(2,3)28-17-19-8-5-7-18(13-19)14-25-21(23-4)24-10-6-11-26-15-20-9-12-27-16-20/h5,7-8,13,20H,6,9-12,14-17H2,1-4H3,(H2,23,24,25). The zero-order chi connectivity index (χ0) is 20.2. The molecule has 1 fully saturated rings. The highest BCUT2D eigenvalue weighted by Crippen LogP contribution is 2.13. The van der Waals surface area contributed by atoms with Gasteiger partial charge in [0, 0.05) is 39.3 Å². The summed E-state index contributed by atoms with van der Waals surface area (Å²) in [4.78, 5) is 4.29. The minimum absolute atomic E-state index is 0.130. The van der Waals surface area contributed by atoms with E-state index in [0.717, 1.165) is 58.3 Å². The Kier molecular flexibility index (Phi) is 9.75. The summed E-state index contributed by atoms with van der Waals surface area (Å²) in [6, 6.07) is 8.45. The van der Waals surface area contributed by atoms with E-state index in [9.17, 15) is 0 Å². The lowest BCUT2D eigenvalue weighted by Crippen LogP contribution is -2.37. The summed E-state index contributed by atoms with van der Waals surface area (Å²) in [5, 5.41) is 6.70. The van der Waals surface area contributed by atoms with E-state index in [0.29, 0.717) is 12.5 Å². The van der Waals surface area contributed by atoms with Crippen LogP contribution < -0.4 is 10.6 Å². The molecule has 6 nitrogen and oxygen atoms in total. The van der Waals surface area contributed by atoms with Gasteiger partial charge in [-0.25, -0.2) is 0 Å². The largest absolute Gasteiger partial charge is 0.381 e. The van der Waals surface area contributed by atoms with E-state index in [2.05, 4.69) is 60.7 Å². The quantitative estimate of drug-likeness (QED) is 0.364. The van der Waals surface area contributed by atoms with E-state index in [1.807, 2.05) is 0 Å². The fourth-order valence-corrected chi connectivity index (χ4v) is 2.88. The summed E-state index contributed by atoms with van der Waals surface area (Å²) in [6.45, 7) is 11.7. The Hall–Kier alpha value is -1.63.